The Morgan fingerprint density at radius 1 is 1.25 bits per heavy atom. The normalized spacial score (nSPS) is 15.1. The molecule has 0 spiro atoms. The zero-order valence-electron chi connectivity index (χ0n) is 14.6. The number of nitrogens with zero attached hydrogens (tertiary/aromatic N) is 1. The highest BCUT2D eigenvalue weighted by Crippen LogP contribution is 2.40. The lowest BCUT2D eigenvalue weighted by Crippen LogP contribution is -2.27. The molecule has 1 heterocycles. The van der Waals surface area contributed by atoms with Crippen molar-refractivity contribution in [1.29, 1.82) is 0 Å². The lowest BCUT2D eigenvalue weighted by Gasteiger charge is -2.13. The summed E-state index contributed by atoms with van der Waals surface area (Å²) in [4.78, 5) is 26.4. The van der Waals surface area contributed by atoms with Crippen molar-refractivity contribution >= 4 is 57.9 Å². The third-order valence-electron chi connectivity index (χ3n) is 3.71. The number of carbonyl (C=O) groups excluding carboxylic acids is 2. The van der Waals surface area contributed by atoms with Gasteiger partial charge in [0, 0.05) is 5.02 Å². The number of terminal acetylenes is 1. The summed E-state index contributed by atoms with van der Waals surface area (Å²) in [6.07, 6.45) is 6.77. The highest BCUT2D eigenvalue weighted by molar-refractivity contribution is 8.19. The third-order valence-corrected chi connectivity index (χ3v) is 5.09. The molecular formula is C20H13Cl2NO4S. The zero-order chi connectivity index (χ0) is 20.3. The average Bonchev–Trinajstić information content (AvgIpc) is 2.93. The Morgan fingerprint density at radius 2 is 2.04 bits per heavy atom. The standard InChI is InChI=1S/C20H13Cl2NO4S/c1-3-7-27-18-15(22)8-12(9-16(18)26-2)10-17-19(24)23(20(25)28-17)14-6-4-5-13(21)11-14/h1,4-6,8-11H,7H2,2H3/b17-10+. The van der Waals surface area contributed by atoms with Gasteiger partial charge in [0.05, 0.1) is 22.7 Å². The molecule has 2 aromatic rings. The molecule has 0 atom stereocenters. The van der Waals surface area contributed by atoms with Crippen LogP contribution >= 0.6 is 35.0 Å². The summed E-state index contributed by atoms with van der Waals surface area (Å²) < 4.78 is 10.7. The van der Waals surface area contributed by atoms with Gasteiger partial charge >= 0.3 is 0 Å². The maximum atomic E-state index is 12.7. The fourth-order valence-electron chi connectivity index (χ4n) is 2.53. The number of methoxy groups -OCH3 is 1. The summed E-state index contributed by atoms with van der Waals surface area (Å²) in [5, 5.41) is 0.292. The number of anilines is 1. The van der Waals surface area contributed by atoms with Crippen LogP contribution in [0.3, 0.4) is 0 Å². The molecule has 2 aromatic carbocycles. The SMILES string of the molecule is C#CCOc1c(Cl)cc(/C=C2/SC(=O)N(c3cccc(Cl)c3)C2=O)cc1OC. The van der Waals surface area contributed by atoms with Crippen LogP contribution in [-0.4, -0.2) is 24.9 Å². The van der Waals surface area contributed by atoms with Gasteiger partial charge in [0.1, 0.15) is 6.61 Å². The molecular weight excluding hydrogens is 421 g/mol. The molecule has 0 saturated carbocycles. The van der Waals surface area contributed by atoms with Crippen molar-refractivity contribution in [2.24, 2.45) is 0 Å². The number of hydrogen-bond acceptors (Lipinski definition) is 5. The number of halogens is 2. The molecule has 142 valence electrons. The first kappa shape index (κ1) is 20.2. The largest absolute Gasteiger partial charge is 0.493 e. The minimum absolute atomic E-state index is 0.0357. The number of rotatable bonds is 5. The summed E-state index contributed by atoms with van der Waals surface area (Å²) in [6, 6.07) is 9.78. The fraction of sp³-hybridized carbons (Fsp3) is 0.100. The summed E-state index contributed by atoms with van der Waals surface area (Å²) in [5.41, 5.74) is 0.985. The van der Waals surface area contributed by atoms with Gasteiger partial charge in [0.15, 0.2) is 11.5 Å². The van der Waals surface area contributed by atoms with Gasteiger partial charge in [-0.15, -0.1) is 6.42 Å². The van der Waals surface area contributed by atoms with Crippen LogP contribution < -0.4 is 14.4 Å². The van der Waals surface area contributed by atoms with E-state index in [9.17, 15) is 9.59 Å². The second kappa shape index (κ2) is 8.61. The second-order valence-electron chi connectivity index (χ2n) is 5.52. The molecule has 0 bridgehead atoms. The van der Waals surface area contributed by atoms with Crippen LogP contribution in [0.1, 0.15) is 5.56 Å². The quantitative estimate of drug-likeness (QED) is 0.475. The molecule has 1 fully saturated rings. The fourth-order valence-corrected chi connectivity index (χ4v) is 3.83. The number of ether oxygens (including phenoxy) is 2. The third kappa shape index (κ3) is 4.12. The minimum atomic E-state index is -0.444. The van der Waals surface area contributed by atoms with Crippen LogP contribution in [0.4, 0.5) is 10.5 Å². The number of hydrogen-bond donors (Lipinski definition) is 0. The van der Waals surface area contributed by atoms with E-state index in [1.165, 1.54) is 7.11 Å². The van der Waals surface area contributed by atoms with Gasteiger partial charge in [-0.1, -0.05) is 35.2 Å². The van der Waals surface area contributed by atoms with Crippen molar-refractivity contribution < 1.29 is 19.1 Å². The summed E-state index contributed by atoms with van der Waals surface area (Å²) in [6.45, 7) is 0.0357. The summed E-state index contributed by atoms with van der Waals surface area (Å²) in [7, 11) is 1.46. The Balaban J connectivity index is 1.94. The first-order valence-electron chi connectivity index (χ1n) is 7.92. The zero-order valence-corrected chi connectivity index (χ0v) is 16.9. The van der Waals surface area contributed by atoms with Gasteiger partial charge in [-0.3, -0.25) is 9.59 Å². The van der Waals surface area contributed by atoms with Crippen molar-refractivity contribution in [2.75, 3.05) is 18.6 Å². The van der Waals surface area contributed by atoms with E-state index in [2.05, 4.69) is 5.92 Å². The Morgan fingerprint density at radius 3 is 2.71 bits per heavy atom. The second-order valence-corrected chi connectivity index (χ2v) is 7.36. The molecule has 3 rings (SSSR count). The van der Waals surface area contributed by atoms with Crippen LogP contribution in [0.5, 0.6) is 11.5 Å². The van der Waals surface area contributed by atoms with Gasteiger partial charge in [-0.2, -0.15) is 0 Å². The molecule has 0 unspecified atom stereocenters. The van der Waals surface area contributed by atoms with Crippen molar-refractivity contribution in [3.05, 3.63) is 56.9 Å². The number of benzene rings is 2. The van der Waals surface area contributed by atoms with Gasteiger partial charge < -0.3 is 9.47 Å². The van der Waals surface area contributed by atoms with Gasteiger partial charge in [-0.05, 0) is 53.7 Å². The van der Waals surface area contributed by atoms with Gasteiger partial charge in [-0.25, -0.2) is 4.90 Å². The number of thioether (sulfide) groups is 1. The van der Waals surface area contributed by atoms with E-state index in [4.69, 9.17) is 39.1 Å². The van der Waals surface area contributed by atoms with Crippen molar-refractivity contribution in [3.63, 3.8) is 0 Å². The molecule has 2 amide bonds. The molecule has 1 aliphatic heterocycles. The highest BCUT2D eigenvalue weighted by Gasteiger charge is 2.36. The minimum Gasteiger partial charge on any atom is -0.493 e. The van der Waals surface area contributed by atoms with Crippen LogP contribution in [0, 0.1) is 12.3 Å². The van der Waals surface area contributed by atoms with E-state index in [-0.39, 0.29) is 16.5 Å². The van der Waals surface area contributed by atoms with E-state index in [1.54, 1.807) is 42.5 Å². The number of imide groups is 1. The van der Waals surface area contributed by atoms with E-state index in [1.807, 2.05) is 0 Å². The van der Waals surface area contributed by atoms with Crippen LogP contribution in [0.15, 0.2) is 41.3 Å². The smallest absolute Gasteiger partial charge is 0.298 e. The topological polar surface area (TPSA) is 55.8 Å². The van der Waals surface area contributed by atoms with Crippen LogP contribution in [-0.2, 0) is 4.79 Å². The molecule has 8 heteroatoms. The van der Waals surface area contributed by atoms with Gasteiger partial charge in [0.2, 0.25) is 0 Å². The Labute approximate surface area is 176 Å². The monoisotopic (exact) mass is 433 g/mol. The molecule has 0 radical (unpaired) electrons. The predicted octanol–water partition coefficient (Wildman–Crippen LogP) is 5.25. The number of amides is 2. The Bertz CT molecular complexity index is 1030. The van der Waals surface area contributed by atoms with Crippen LogP contribution in [0.25, 0.3) is 6.08 Å². The molecule has 0 N–H and O–H groups in total. The maximum absolute atomic E-state index is 12.7. The Hall–Kier alpha value is -2.59. The van der Waals surface area contributed by atoms with Crippen molar-refractivity contribution in [3.8, 4) is 23.8 Å². The van der Waals surface area contributed by atoms with E-state index >= 15 is 0 Å². The molecule has 28 heavy (non-hydrogen) atoms. The van der Waals surface area contributed by atoms with Crippen molar-refractivity contribution in [1.82, 2.24) is 0 Å². The molecule has 0 aromatic heterocycles. The molecule has 0 aliphatic carbocycles. The number of carbonyl (C=O) groups is 2. The predicted molar refractivity (Wildman–Crippen MR) is 112 cm³/mol. The lowest BCUT2D eigenvalue weighted by molar-refractivity contribution is -0.113. The Kier molecular flexibility index (Phi) is 6.20. The summed E-state index contributed by atoms with van der Waals surface area (Å²) >= 11 is 13.0. The van der Waals surface area contributed by atoms with Crippen LogP contribution in [0.2, 0.25) is 10.0 Å². The first-order chi connectivity index (χ1) is 13.4. The lowest BCUT2D eigenvalue weighted by atomic mass is 10.1. The molecule has 5 nitrogen and oxygen atoms in total. The van der Waals surface area contributed by atoms with E-state index in [0.29, 0.717) is 27.8 Å². The maximum Gasteiger partial charge on any atom is 0.298 e. The average molecular weight is 434 g/mol. The molecule has 1 saturated heterocycles. The molecule has 1 aliphatic rings. The van der Waals surface area contributed by atoms with Crippen molar-refractivity contribution in [2.45, 2.75) is 0 Å². The van der Waals surface area contributed by atoms with E-state index < -0.39 is 11.1 Å². The van der Waals surface area contributed by atoms with Gasteiger partial charge in [0.25, 0.3) is 11.1 Å². The highest BCUT2D eigenvalue weighted by atomic mass is 35.5. The summed E-state index contributed by atoms with van der Waals surface area (Å²) in [5.74, 6) is 2.59. The first-order valence-corrected chi connectivity index (χ1v) is 9.49. The van der Waals surface area contributed by atoms with E-state index in [0.717, 1.165) is 16.7 Å².